The number of anilines is 1. The van der Waals surface area contributed by atoms with E-state index in [2.05, 4.69) is 20.3 Å². The topological polar surface area (TPSA) is 143 Å². The summed E-state index contributed by atoms with van der Waals surface area (Å²) in [7, 11) is -3.83. The van der Waals surface area contributed by atoms with Crippen molar-refractivity contribution in [2.75, 3.05) is 5.73 Å². The number of fused-ring (bicyclic) bond motifs is 1. The number of aromatic nitrogens is 1. The molecule has 0 bridgehead atoms. The molecule has 1 aliphatic rings. The molecule has 11 heteroatoms. The zero-order chi connectivity index (χ0) is 26.4. The minimum absolute atomic E-state index is 0.0799. The molecule has 0 saturated carbocycles. The predicted molar refractivity (Wildman–Crippen MR) is 144 cm³/mol. The van der Waals surface area contributed by atoms with Gasteiger partial charge in [0.1, 0.15) is 12.1 Å². The number of nitrogen functional groups attached to an aromatic ring is 1. The number of benzene rings is 2. The Morgan fingerprint density at radius 3 is 2.38 bits per heavy atom. The Balaban J connectivity index is 1.40. The van der Waals surface area contributed by atoms with E-state index in [1.165, 1.54) is 11.3 Å². The van der Waals surface area contributed by atoms with Gasteiger partial charge in [-0.25, -0.2) is 18.1 Å². The van der Waals surface area contributed by atoms with Crippen molar-refractivity contribution < 1.29 is 18.0 Å². The zero-order valence-corrected chi connectivity index (χ0v) is 22.1. The van der Waals surface area contributed by atoms with Crippen LogP contribution in [-0.4, -0.2) is 43.3 Å². The number of rotatable bonds is 10. The van der Waals surface area contributed by atoms with Gasteiger partial charge in [-0.15, -0.1) is 11.3 Å². The molecule has 2 amide bonds. The Hall–Kier alpha value is -3.28. The summed E-state index contributed by atoms with van der Waals surface area (Å²) >= 11 is 1.43. The van der Waals surface area contributed by atoms with Gasteiger partial charge in [0.2, 0.25) is 21.8 Å². The van der Waals surface area contributed by atoms with E-state index in [4.69, 9.17) is 5.73 Å². The molecule has 2 aromatic carbocycles. The van der Waals surface area contributed by atoms with E-state index in [-0.39, 0.29) is 24.1 Å². The van der Waals surface area contributed by atoms with Gasteiger partial charge >= 0.3 is 0 Å². The Kier molecular flexibility index (Phi) is 8.57. The molecule has 1 aromatic heterocycles. The average Bonchev–Trinajstić information content (AvgIpc) is 3.23. The second-order valence-electron chi connectivity index (χ2n) is 9.21. The SMILES string of the molecule is C[C@H](NC(=O)[C@@H](Cc1ccccc1)NS(=O)(=O)Cc1ccccc1)C(=O)NC1CCc2nc(N)sc2C1. The van der Waals surface area contributed by atoms with Crippen LogP contribution in [-0.2, 0) is 44.6 Å². The summed E-state index contributed by atoms with van der Waals surface area (Å²) < 4.78 is 28.4. The molecule has 196 valence electrons. The van der Waals surface area contributed by atoms with Crippen molar-refractivity contribution in [2.24, 2.45) is 0 Å². The van der Waals surface area contributed by atoms with E-state index in [1.807, 2.05) is 30.3 Å². The maximum Gasteiger partial charge on any atom is 0.242 e. The normalized spacial score (nSPS) is 16.8. The molecule has 0 aliphatic heterocycles. The van der Waals surface area contributed by atoms with E-state index >= 15 is 0 Å². The van der Waals surface area contributed by atoms with Crippen molar-refractivity contribution in [1.29, 1.82) is 0 Å². The summed E-state index contributed by atoms with van der Waals surface area (Å²) in [5.74, 6) is -1.15. The molecule has 0 saturated heterocycles. The Labute approximate surface area is 220 Å². The molecular weight excluding hydrogens is 510 g/mol. The van der Waals surface area contributed by atoms with Crippen molar-refractivity contribution in [1.82, 2.24) is 20.3 Å². The molecule has 3 aromatic rings. The van der Waals surface area contributed by atoms with Crippen molar-refractivity contribution >= 4 is 38.3 Å². The fourth-order valence-corrected chi connectivity index (χ4v) is 6.61. The van der Waals surface area contributed by atoms with Gasteiger partial charge in [-0.3, -0.25) is 9.59 Å². The molecule has 5 N–H and O–H groups in total. The maximum absolute atomic E-state index is 13.2. The number of sulfonamides is 1. The van der Waals surface area contributed by atoms with E-state index in [0.717, 1.165) is 29.0 Å². The first kappa shape index (κ1) is 26.8. The first-order valence-electron chi connectivity index (χ1n) is 12.1. The number of nitrogens with one attached hydrogen (secondary N) is 3. The quantitative estimate of drug-likeness (QED) is 0.309. The van der Waals surface area contributed by atoms with Crippen LogP contribution >= 0.6 is 11.3 Å². The maximum atomic E-state index is 13.2. The lowest BCUT2D eigenvalue weighted by Crippen LogP contribution is -2.54. The zero-order valence-electron chi connectivity index (χ0n) is 20.5. The molecule has 1 aliphatic carbocycles. The lowest BCUT2D eigenvalue weighted by Gasteiger charge is -2.25. The summed E-state index contributed by atoms with van der Waals surface area (Å²) in [6.07, 6.45) is 2.26. The highest BCUT2D eigenvalue weighted by molar-refractivity contribution is 7.88. The number of hydrogen-bond acceptors (Lipinski definition) is 7. The number of thiazole rings is 1. The molecule has 9 nitrogen and oxygen atoms in total. The highest BCUT2D eigenvalue weighted by Gasteiger charge is 2.29. The molecular formula is C26H31N5O4S2. The smallest absolute Gasteiger partial charge is 0.242 e. The van der Waals surface area contributed by atoms with Crippen LogP contribution in [0.15, 0.2) is 60.7 Å². The molecule has 0 radical (unpaired) electrons. The number of amides is 2. The number of carbonyl (C=O) groups is 2. The van der Waals surface area contributed by atoms with E-state index < -0.39 is 28.0 Å². The first-order chi connectivity index (χ1) is 17.7. The van der Waals surface area contributed by atoms with Gasteiger partial charge in [-0.1, -0.05) is 60.7 Å². The lowest BCUT2D eigenvalue weighted by atomic mass is 9.97. The van der Waals surface area contributed by atoms with Crippen LogP contribution in [0, 0.1) is 0 Å². The second-order valence-corrected chi connectivity index (χ2v) is 12.1. The van der Waals surface area contributed by atoms with Gasteiger partial charge in [0.25, 0.3) is 0 Å². The van der Waals surface area contributed by atoms with E-state index in [9.17, 15) is 18.0 Å². The van der Waals surface area contributed by atoms with Gasteiger partial charge < -0.3 is 16.4 Å². The molecule has 0 fully saturated rings. The van der Waals surface area contributed by atoms with Gasteiger partial charge in [0, 0.05) is 17.3 Å². The average molecular weight is 542 g/mol. The van der Waals surface area contributed by atoms with Crippen LogP contribution in [0.5, 0.6) is 0 Å². The van der Waals surface area contributed by atoms with Crippen molar-refractivity contribution in [2.45, 2.75) is 56.5 Å². The molecule has 3 atom stereocenters. The summed E-state index contributed by atoms with van der Waals surface area (Å²) in [5, 5.41) is 6.21. The highest BCUT2D eigenvalue weighted by atomic mass is 32.2. The van der Waals surface area contributed by atoms with Crippen LogP contribution in [0.3, 0.4) is 0 Å². The Morgan fingerprint density at radius 1 is 1.05 bits per heavy atom. The third-order valence-corrected chi connectivity index (χ3v) is 8.48. The fraction of sp³-hybridized carbons (Fsp3) is 0.346. The van der Waals surface area contributed by atoms with Gasteiger partial charge in [0.15, 0.2) is 5.13 Å². The summed E-state index contributed by atoms with van der Waals surface area (Å²) in [6, 6.07) is 15.9. The fourth-order valence-electron chi connectivity index (χ4n) is 4.31. The van der Waals surface area contributed by atoms with Crippen LogP contribution in [0.4, 0.5) is 5.13 Å². The van der Waals surface area contributed by atoms with Crippen LogP contribution in [0.2, 0.25) is 0 Å². The van der Waals surface area contributed by atoms with Crippen LogP contribution < -0.4 is 21.1 Å². The third-order valence-electron chi connectivity index (χ3n) is 6.18. The Morgan fingerprint density at radius 2 is 1.70 bits per heavy atom. The van der Waals surface area contributed by atoms with E-state index in [0.29, 0.717) is 17.1 Å². The lowest BCUT2D eigenvalue weighted by molar-refractivity contribution is -0.129. The number of hydrogen-bond donors (Lipinski definition) is 4. The third kappa shape index (κ3) is 7.61. The number of carbonyl (C=O) groups excluding carboxylic acids is 2. The van der Waals surface area contributed by atoms with Gasteiger partial charge in [-0.05, 0) is 37.3 Å². The molecule has 37 heavy (non-hydrogen) atoms. The largest absolute Gasteiger partial charge is 0.375 e. The molecule has 0 spiro atoms. The number of nitrogens with zero attached hydrogens (tertiary/aromatic N) is 1. The first-order valence-corrected chi connectivity index (χ1v) is 14.6. The van der Waals surface area contributed by atoms with Gasteiger partial charge in [-0.2, -0.15) is 0 Å². The summed E-state index contributed by atoms with van der Waals surface area (Å²) in [6.45, 7) is 1.59. The summed E-state index contributed by atoms with van der Waals surface area (Å²) in [4.78, 5) is 31.5. The predicted octanol–water partition coefficient (Wildman–Crippen LogP) is 1.93. The van der Waals surface area contributed by atoms with Gasteiger partial charge in [0.05, 0.1) is 11.4 Å². The number of aryl methyl sites for hydroxylation is 1. The standard InChI is InChI=1S/C26H31N5O4S2/c1-17(24(32)29-20-12-13-21-23(15-20)36-26(27)30-21)28-25(33)22(14-18-8-4-2-5-9-18)31-37(34,35)16-19-10-6-3-7-11-19/h2-11,17,20,22,31H,12-16H2,1H3,(H2,27,30)(H,28,33)(H,29,32)/t17-,20?,22+/m0/s1. The second kappa shape index (κ2) is 11.8. The number of nitrogens with two attached hydrogens (primary N) is 1. The van der Waals surface area contributed by atoms with E-state index in [1.54, 1.807) is 37.3 Å². The minimum Gasteiger partial charge on any atom is -0.375 e. The molecule has 1 heterocycles. The monoisotopic (exact) mass is 541 g/mol. The molecule has 1 unspecified atom stereocenters. The van der Waals surface area contributed by atoms with Crippen molar-refractivity contribution in [3.05, 3.63) is 82.4 Å². The van der Waals surface area contributed by atoms with Crippen LogP contribution in [0.1, 0.15) is 35.0 Å². The highest BCUT2D eigenvalue weighted by Crippen LogP contribution is 2.28. The van der Waals surface area contributed by atoms with Crippen molar-refractivity contribution in [3.63, 3.8) is 0 Å². The minimum atomic E-state index is -3.83. The molecule has 4 rings (SSSR count). The van der Waals surface area contributed by atoms with Crippen LogP contribution in [0.25, 0.3) is 0 Å². The summed E-state index contributed by atoms with van der Waals surface area (Å²) in [5.41, 5.74) is 8.20. The Bertz CT molecular complexity index is 1330. The van der Waals surface area contributed by atoms with Crippen molar-refractivity contribution in [3.8, 4) is 0 Å².